The van der Waals surface area contributed by atoms with E-state index in [2.05, 4.69) is 11.7 Å². The lowest BCUT2D eigenvalue weighted by molar-refractivity contribution is -0.139. The van der Waals surface area contributed by atoms with Crippen LogP contribution in [-0.4, -0.2) is 19.7 Å². The highest BCUT2D eigenvalue weighted by molar-refractivity contribution is 5.72. The predicted octanol–water partition coefficient (Wildman–Crippen LogP) is 5.68. The Kier molecular flexibility index (Phi) is 7.06. The summed E-state index contributed by atoms with van der Waals surface area (Å²) in [6.45, 7) is 2.51. The number of hydrogen-bond donors (Lipinski definition) is 0. The van der Waals surface area contributed by atoms with Crippen molar-refractivity contribution in [1.29, 1.82) is 0 Å². The minimum Gasteiger partial charge on any atom is -0.490 e. The number of carbonyl (C=O) groups excluding carboxylic acids is 1. The number of esters is 1. The second kappa shape index (κ2) is 10.1. The van der Waals surface area contributed by atoms with Crippen molar-refractivity contribution in [3.05, 3.63) is 96.1 Å². The molecule has 0 heterocycles. The highest BCUT2D eigenvalue weighted by Crippen LogP contribution is 2.23. The van der Waals surface area contributed by atoms with E-state index in [9.17, 15) is 4.79 Å². The van der Waals surface area contributed by atoms with Crippen LogP contribution in [-0.2, 0) is 16.0 Å². The molecule has 4 nitrogen and oxygen atoms in total. The van der Waals surface area contributed by atoms with Gasteiger partial charge in [0.25, 0.3) is 0 Å². The lowest BCUT2D eigenvalue weighted by Gasteiger charge is -2.08. The van der Waals surface area contributed by atoms with E-state index in [-0.39, 0.29) is 12.4 Å². The van der Waals surface area contributed by atoms with Crippen molar-refractivity contribution < 1.29 is 19.0 Å². The molecule has 0 aliphatic carbocycles. The van der Waals surface area contributed by atoms with Crippen LogP contribution in [0, 0.1) is 0 Å². The molecule has 0 N–H and O–H groups in total. The topological polar surface area (TPSA) is 44.8 Å². The van der Waals surface area contributed by atoms with E-state index < -0.39 is 0 Å². The zero-order chi connectivity index (χ0) is 20.5. The fraction of sp³-hybridized carbons (Fsp3) is 0.160. The Balaban J connectivity index is 1.52. The Hall–Kier alpha value is -3.53. The van der Waals surface area contributed by atoms with Crippen LogP contribution in [0.5, 0.6) is 17.2 Å². The Labute approximate surface area is 171 Å². The van der Waals surface area contributed by atoms with Crippen molar-refractivity contribution >= 4 is 11.5 Å². The fourth-order valence-electron chi connectivity index (χ4n) is 2.73. The molecular weight excluding hydrogens is 364 g/mol. The van der Waals surface area contributed by atoms with Crippen molar-refractivity contribution in [2.24, 2.45) is 0 Å². The van der Waals surface area contributed by atoms with Gasteiger partial charge in [-0.25, -0.2) is 0 Å². The molecule has 29 heavy (non-hydrogen) atoms. The molecule has 0 aromatic heterocycles. The average Bonchev–Trinajstić information content (AvgIpc) is 2.76. The molecule has 0 amide bonds. The van der Waals surface area contributed by atoms with Crippen molar-refractivity contribution in [2.45, 2.75) is 13.3 Å². The highest BCUT2D eigenvalue weighted by atomic mass is 16.5. The van der Waals surface area contributed by atoms with E-state index in [1.165, 1.54) is 7.11 Å². The Morgan fingerprint density at radius 1 is 0.828 bits per heavy atom. The van der Waals surface area contributed by atoms with Crippen LogP contribution in [0.4, 0.5) is 0 Å². The molecule has 3 aromatic rings. The van der Waals surface area contributed by atoms with E-state index in [0.29, 0.717) is 6.61 Å². The molecule has 0 saturated heterocycles. The van der Waals surface area contributed by atoms with Gasteiger partial charge in [0.1, 0.15) is 23.9 Å². The number of ether oxygens (including phenoxy) is 3. The highest BCUT2D eigenvalue weighted by Gasteiger charge is 2.03. The molecule has 0 fully saturated rings. The number of benzene rings is 3. The van der Waals surface area contributed by atoms with Crippen LogP contribution < -0.4 is 9.47 Å². The van der Waals surface area contributed by atoms with E-state index in [1.54, 1.807) is 0 Å². The minimum atomic E-state index is -0.252. The lowest BCUT2D eigenvalue weighted by atomic mass is 10.1. The quantitative estimate of drug-likeness (QED) is 0.466. The first-order chi connectivity index (χ1) is 14.1. The van der Waals surface area contributed by atoms with Gasteiger partial charge in [0.2, 0.25) is 0 Å². The smallest absolute Gasteiger partial charge is 0.309 e. The summed E-state index contributed by atoms with van der Waals surface area (Å²) in [5.74, 6) is 2.13. The zero-order valence-electron chi connectivity index (χ0n) is 16.6. The molecule has 0 aliphatic rings. The van der Waals surface area contributed by atoms with Gasteiger partial charge in [0, 0.05) is 0 Å². The summed E-state index contributed by atoms with van der Waals surface area (Å²) in [5.41, 5.74) is 3.13. The first-order valence-corrected chi connectivity index (χ1v) is 9.42. The van der Waals surface area contributed by atoms with Crippen molar-refractivity contribution in [3.63, 3.8) is 0 Å². The van der Waals surface area contributed by atoms with E-state index in [0.717, 1.165) is 33.9 Å². The third-order valence-electron chi connectivity index (χ3n) is 4.43. The molecule has 0 atom stereocenters. The predicted molar refractivity (Wildman–Crippen MR) is 114 cm³/mol. The molecule has 3 rings (SSSR count). The maximum Gasteiger partial charge on any atom is 0.309 e. The monoisotopic (exact) mass is 388 g/mol. The van der Waals surface area contributed by atoms with Gasteiger partial charge in [0.15, 0.2) is 0 Å². The van der Waals surface area contributed by atoms with E-state index in [1.807, 2.05) is 84.9 Å². The summed E-state index contributed by atoms with van der Waals surface area (Å²) in [7, 11) is 1.39. The minimum absolute atomic E-state index is 0.252. The summed E-state index contributed by atoms with van der Waals surface area (Å²) in [4.78, 5) is 11.3. The first kappa shape index (κ1) is 20.2. The summed E-state index contributed by atoms with van der Waals surface area (Å²) < 4.78 is 16.3. The molecule has 0 radical (unpaired) electrons. The maximum atomic E-state index is 11.3. The summed E-state index contributed by atoms with van der Waals surface area (Å²) >= 11 is 0. The van der Waals surface area contributed by atoms with Crippen LogP contribution in [0.15, 0.2) is 84.9 Å². The SMILES string of the molecule is COC(=O)Cc1ccc(OCC=C(C)c2ccc(Oc3ccccc3)cc2)cc1. The van der Waals surface area contributed by atoms with Crippen LogP contribution >= 0.6 is 0 Å². The van der Waals surface area contributed by atoms with Gasteiger partial charge >= 0.3 is 5.97 Å². The van der Waals surface area contributed by atoms with Crippen LogP contribution in [0.2, 0.25) is 0 Å². The zero-order valence-corrected chi connectivity index (χ0v) is 16.6. The number of hydrogen-bond acceptors (Lipinski definition) is 4. The van der Waals surface area contributed by atoms with Crippen LogP contribution in [0.3, 0.4) is 0 Å². The second-order valence-corrected chi connectivity index (χ2v) is 6.53. The van der Waals surface area contributed by atoms with Crippen LogP contribution in [0.25, 0.3) is 5.57 Å². The first-order valence-electron chi connectivity index (χ1n) is 9.42. The summed E-state index contributed by atoms with van der Waals surface area (Å²) in [5, 5.41) is 0. The van der Waals surface area contributed by atoms with Crippen molar-refractivity contribution in [3.8, 4) is 17.2 Å². The second-order valence-electron chi connectivity index (χ2n) is 6.53. The average molecular weight is 388 g/mol. The Morgan fingerprint density at radius 2 is 1.45 bits per heavy atom. The Bertz CT molecular complexity index is 942. The maximum absolute atomic E-state index is 11.3. The molecule has 3 aromatic carbocycles. The van der Waals surface area contributed by atoms with E-state index >= 15 is 0 Å². The van der Waals surface area contributed by atoms with E-state index in [4.69, 9.17) is 9.47 Å². The number of carbonyl (C=O) groups is 1. The van der Waals surface area contributed by atoms with Crippen molar-refractivity contribution in [2.75, 3.05) is 13.7 Å². The Morgan fingerprint density at radius 3 is 2.10 bits per heavy atom. The molecule has 0 spiro atoms. The fourth-order valence-corrected chi connectivity index (χ4v) is 2.73. The van der Waals surface area contributed by atoms with Gasteiger partial charge in [-0.05, 0) is 66.1 Å². The molecule has 0 aliphatic heterocycles. The molecule has 0 saturated carbocycles. The molecular formula is C25H24O4. The molecule has 148 valence electrons. The third kappa shape index (κ3) is 6.25. The standard InChI is InChI=1S/C25H24O4/c1-19(16-17-28-22-12-8-20(9-13-22)18-25(26)27-2)21-10-14-24(15-11-21)29-23-6-4-3-5-7-23/h3-16H,17-18H2,1-2H3. The third-order valence-corrected chi connectivity index (χ3v) is 4.43. The number of para-hydroxylation sites is 1. The number of rotatable bonds is 8. The van der Waals surface area contributed by atoms with Gasteiger partial charge in [-0.1, -0.05) is 42.5 Å². The van der Waals surface area contributed by atoms with Gasteiger partial charge < -0.3 is 14.2 Å². The largest absolute Gasteiger partial charge is 0.490 e. The van der Waals surface area contributed by atoms with Crippen LogP contribution in [0.1, 0.15) is 18.1 Å². The molecule has 4 heteroatoms. The van der Waals surface area contributed by atoms with Crippen molar-refractivity contribution in [1.82, 2.24) is 0 Å². The van der Waals surface area contributed by atoms with Gasteiger partial charge in [0.05, 0.1) is 13.5 Å². The normalized spacial score (nSPS) is 11.0. The summed E-state index contributed by atoms with van der Waals surface area (Å²) in [6, 6.07) is 25.2. The molecule has 0 unspecified atom stereocenters. The molecule has 0 bridgehead atoms. The van der Waals surface area contributed by atoms with Gasteiger partial charge in [-0.2, -0.15) is 0 Å². The number of methoxy groups -OCH3 is 1. The van der Waals surface area contributed by atoms with Gasteiger partial charge in [-0.15, -0.1) is 0 Å². The summed E-state index contributed by atoms with van der Waals surface area (Å²) in [6.07, 6.45) is 2.30. The number of allylic oxidation sites excluding steroid dienone is 1. The van der Waals surface area contributed by atoms with Gasteiger partial charge in [-0.3, -0.25) is 4.79 Å². The lowest BCUT2D eigenvalue weighted by Crippen LogP contribution is -2.04.